The highest BCUT2D eigenvalue weighted by Gasteiger charge is 2.88. The van der Waals surface area contributed by atoms with Gasteiger partial charge in [-0.1, -0.05) is 93.0 Å². The van der Waals surface area contributed by atoms with Crippen LogP contribution in [0.25, 0.3) is 0 Å². The molecule has 2 aromatic rings. The maximum atomic E-state index is 15.5. The number of aliphatic hydroxyl groups is 5. The summed E-state index contributed by atoms with van der Waals surface area (Å²) in [4.78, 5) is 29.3. The Hall–Kier alpha value is -3.40. The number of carbonyl (C=O) groups is 2. The van der Waals surface area contributed by atoms with Gasteiger partial charge in [0.25, 0.3) is 0 Å². The number of aliphatic hydroxyl groups excluding tert-OH is 2. The molecule has 2 aliphatic heterocycles. The van der Waals surface area contributed by atoms with Crippen LogP contribution in [0.5, 0.6) is 0 Å². The van der Waals surface area contributed by atoms with E-state index >= 15 is 4.79 Å². The van der Waals surface area contributed by atoms with Crippen molar-refractivity contribution in [1.82, 2.24) is 5.32 Å². The zero-order valence-corrected chi connectivity index (χ0v) is 43.6. The van der Waals surface area contributed by atoms with Crippen LogP contribution in [0.3, 0.4) is 0 Å². The van der Waals surface area contributed by atoms with E-state index < -0.39 is 69.0 Å². The van der Waals surface area contributed by atoms with Gasteiger partial charge in [0, 0.05) is 65.2 Å². The SMILES string of the molecule is C[C@H](C1CCCC1)[C@@H]1CC[C@@H]2[C@H]3OCC[C@H]4C[C@H]5C[C@@H](c6ccccc6)CC[C@@H]5[C@]43C[C@]3(C=O)[C@H]4CC[C@@]56CCC#Cc7ccccc7C[C@@H](NCO)[C@@H]7C[C@H](C[C@]5(O)[C@]4(O)[C@H](O)[C@@H](C1)[C@]23O)[C@@H]6C1=CC(=O)O[C@@H]17. The Balaban J connectivity index is 0.941. The number of rotatable bonds is 6. The van der Waals surface area contributed by atoms with Crippen molar-refractivity contribution in [3.8, 4) is 11.8 Å². The van der Waals surface area contributed by atoms with Gasteiger partial charge >= 0.3 is 5.97 Å². The van der Waals surface area contributed by atoms with Crippen LogP contribution in [-0.2, 0) is 25.5 Å². The third-order valence-electron chi connectivity index (χ3n) is 25.3. The molecular formula is C64H81NO9. The van der Waals surface area contributed by atoms with Crippen molar-refractivity contribution in [2.45, 2.75) is 182 Å². The molecule has 2 aromatic carbocycles. The van der Waals surface area contributed by atoms with Crippen LogP contribution in [0.4, 0.5) is 0 Å². The molecule has 10 nitrogen and oxygen atoms in total. The molecule has 22 atom stereocenters. The second kappa shape index (κ2) is 17.6. The van der Waals surface area contributed by atoms with Crippen LogP contribution in [0.15, 0.2) is 66.2 Å². The summed E-state index contributed by atoms with van der Waals surface area (Å²) in [6.45, 7) is 2.74. The van der Waals surface area contributed by atoms with Gasteiger partial charge in [0.15, 0.2) is 0 Å². The first-order valence-corrected chi connectivity index (χ1v) is 29.7. The van der Waals surface area contributed by atoms with E-state index in [4.69, 9.17) is 9.47 Å². The van der Waals surface area contributed by atoms with Gasteiger partial charge < -0.3 is 39.8 Å². The van der Waals surface area contributed by atoms with E-state index in [2.05, 4.69) is 60.5 Å². The van der Waals surface area contributed by atoms with Gasteiger partial charge in [-0.05, 0) is 172 Å². The molecule has 14 rings (SSSR count). The Morgan fingerprint density at radius 1 is 0.838 bits per heavy atom. The molecule has 10 heteroatoms. The third kappa shape index (κ3) is 6.33. The minimum Gasteiger partial charge on any atom is -0.454 e. The summed E-state index contributed by atoms with van der Waals surface area (Å²) in [6.07, 6.45) is 15.6. The largest absolute Gasteiger partial charge is 0.454 e. The summed E-state index contributed by atoms with van der Waals surface area (Å²) in [5.41, 5.74) is -4.54. The van der Waals surface area contributed by atoms with Crippen molar-refractivity contribution in [3.05, 3.63) is 82.9 Å². The maximum Gasteiger partial charge on any atom is 0.331 e. The summed E-state index contributed by atoms with van der Waals surface area (Å²) in [7, 11) is 0. The molecule has 6 N–H and O–H groups in total. The highest BCUT2D eigenvalue weighted by Crippen LogP contribution is 2.81. The second-order valence-corrected chi connectivity index (χ2v) is 27.1. The second-order valence-electron chi connectivity index (χ2n) is 27.1. The third-order valence-corrected chi connectivity index (χ3v) is 25.3. The molecule has 9 saturated carbocycles. The van der Waals surface area contributed by atoms with Gasteiger partial charge in [-0.3, -0.25) is 5.32 Å². The predicted molar refractivity (Wildman–Crippen MR) is 277 cm³/mol. The average Bonchev–Trinajstić information content (AvgIpc) is 4.28. The molecule has 0 radical (unpaired) electrons. The summed E-state index contributed by atoms with van der Waals surface area (Å²) in [6, 6.07) is 18.8. The molecule has 4 bridgehead atoms. The standard InChI is InChI=1S/C64H81NO9/c1-37(38-11-5-6-12-38)41-18-21-50-58-61(46(23-26-73-58)28-44-27-43(19-20-49(44)61)40-13-3-2-4-14-40)34-60(35-66)53-22-25-59-24-10-9-16-39-15-7-8-17-42(39)31-52(65-36-67)47-29-45(55(59)48-32-54(68)74-56(47)48)33-62(59,70)64(53,72)57(69)51(30-41)63(50,60)71/h2-4,7-8,13-15,17,32,35,37-38,41,43-47,49-53,55-58,65,67,69-72H,5-6,10-12,18-31,33-34,36H2,1H3/t37-,41-,43+,44-,45-,46+,47+,49+,50-,51-,52-,53-,55-,56-,57-,58-,59-,60+,61+,62-,63-,64-/m1/s1. The first-order valence-electron chi connectivity index (χ1n) is 29.7. The minimum absolute atomic E-state index is 0.145. The monoisotopic (exact) mass is 1010 g/mol. The average molecular weight is 1010 g/mol. The number of carbonyl (C=O) groups excluding carboxylic acids is 2. The van der Waals surface area contributed by atoms with Gasteiger partial charge in [-0.15, -0.1) is 0 Å². The Labute approximate surface area is 438 Å². The molecule has 10 fully saturated rings. The van der Waals surface area contributed by atoms with Crippen LogP contribution >= 0.6 is 0 Å². The molecule has 12 aliphatic rings. The number of esters is 1. The molecule has 1 saturated heterocycles. The number of ether oxygens (including phenoxy) is 2. The Bertz CT molecular complexity index is 2640. The van der Waals surface area contributed by atoms with Crippen molar-refractivity contribution < 1.29 is 44.6 Å². The lowest BCUT2D eigenvalue weighted by Crippen LogP contribution is -2.87. The van der Waals surface area contributed by atoms with E-state index in [-0.39, 0.29) is 54.9 Å². The zero-order valence-electron chi connectivity index (χ0n) is 43.6. The Morgan fingerprint density at radius 3 is 2.45 bits per heavy atom. The highest BCUT2D eigenvalue weighted by atomic mass is 16.5. The summed E-state index contributed by atoms with van der Waals surface area (Å²) < 4.78 is 13.6. The number of hydrogen-bond acceptors (Lipinski definition) is 10. The first kappa shape index (κ1) is 48.9. The molecule has 0 unspecified atom stereocenters. The lowest BCUT2D eigenvalue weighted by atomic mass is 9.31. The molecule has 0 aromatic heterocycles. The van der Waals surface area contributed by atoms with Crippen LogP contribution in [0, 0.1) is 99.1 Å². The maximum absolute atomic E-state index is 15.5. The van der Waals surface area contributed by atoms with E-state index in [1.807, 2.05) is 18.2 Å². The molecular weight excluding hydrogens is 927 g/mol. The number of aldehydes is 1. The van der Waals surface area contributed by atoms with Gasteiger partial charge in [0.1, 0.15) is 23.6 Å². The van der Waals surface area contributed by atoms with Crippen molar-refractivity contribution in [2.75, 3.05) is 13.3 Å². The van der Waals surface area contributed by atoms with Crippen molar-refractivity contribution in [2.24, 2.45) is 87.3 Å². The molecule has 0 amide bonds. The first-order chi connectivity index (χ1) is 35.9. The Kier molecular flexibility index (Phi) is 11.6. The Morgan fingerprint density at radius 2 is 1.64 bits per heavy atom. The fourth-order valence-corrected chi connectivity index (χ4v) is 22.7. The highest BCUT2D eigenvalue weighted by molar-refractivity contribution is 5.86. The van der Waals surface area contributed by atoms with E-state index in [9.17, 15) is 30.3 Å². The lowest BCUT2D eigenvalue weighted by Gasteiger charge is -2.76. The lowest BCUT2D eigenvalue weighted by molar-refractivity contribution is -0.392. The number of fused-ring (bicyclic) bond motifs is 9. The topological polar surface area (TPSA) is 166 Å². The molecule has 396 valence electrons. The van der Waals surface area contributed by atoms with E-state index in [0.717, 1.165) is 61.5 Å². The van der Waals surface area contributed by atoms with Crippen molar-refractivity contribution >= 4 is 12.3 Å². The van der Waals surface area contributed by atoms with Crippen molar-refractivity contribution in [3.63, 3.8) is 0 Å². The summed E-state index contributed by atoms with van der Waals surface area (Å²) in [5.74, 6) is 6.05. The fraction of sp³-hybridized carbons (Fsp3) is 0.719. The quantitative estimate of drug-likeness (QED) is 0.0720. The van der Waals surface area contributed by atoms with E-state index in [1.165, 1.54) is 31.2 Å². The molecule has 74 heavy (non-hydrogen) atoms. The number of hydrogen-bond donors (Lipinski definition) is 6. The predicted octanol–water partition coefficient (Wildman–Crippen LogP) is 8.20. The smallest absolute Gasteiger partial charge is 0.331 e. The number of benzene rings is 2. The van der Waals surface area contributed by atoms with Gasteiger partial charge in [0.2, 0.25) is 0 Å². The van der Waals surface area contributed by atoms with Gasteiger partial charge in [-0.25, -0.2) is 4.79 Å². The van der Waals surface area contributed by atoms with Crippen LogP contribution in [0.1, 0.15) is 152 Å². The van der Waals surface area contributed by atoms with Gasteiger partial charge in [-0.2, -0.15) is 0 Å². The fourth-order valence-electron chi connectivity index (χ4n) is 22.7. The van der Waals surface area contributed by atoms with Gasteiger partial charge in [0.05, 0.1) is 30.0 Å². The minimum atomic E-state index is -2.19. The van der Waals surface area contributed by atoms with Crippen LogP contribution in [0.2, 0.25) is 0 Å². The van der Waals surface area contributed by atoms with Crippen LogP contribution in [-0.4, -0.2) is 92.3 Å². The summed E-state index contributed by atoms with van der Waals surface area (Å²) in [5, 5.41) is 72.4. The van der Waals surface area contributed by atoms with E-state index in [0.29, 0.717) is 94.0 Å². The molecule has 2 spiro atoms. The summed E-state index contributed by atoms with van der Waals surface area (Å²) >= 11 is 0. The molecule has 10 aliphatic carbocycles. The van der Waals surface area contributed by atoms with E-state index in [1.54, 1.807) is 6.08 Å². The zero-order chi connectivity index (χ0) is 50.6. The van der Waals surface area contributed by atoms with Crippen LogP contribution < -0.4 is 5.32 Å². The molecule has 2 heterocycles. The van der Waals surface area contributed by atoms with Crippen molar-refractivity contribution in [1.29, 1.82) is 0 Å². The normalized spacial score (nSPS) is 50.1. The number of nitrogens with one attached hydrogen (secondary N) is 1.